The molecule has 5 heteroatoms. The fourth-order valence-electron chi connectivity index (χ4n) is 1.74. The van der Waals surface area contributed by atoms with E-state index in [1.165, 1.54) is 0 Å². The van der Waals surface area contributed by atoms with Crippen LogP contribution < -0.4 is 10.6 Å². The first-order valence-corrected chi connectivity index (χ1v) is 7.51. The molecule has 0 saturated heterocycles. The molecule has 0 radical (unpaired) electrons. The van der Waals surface area contributed by atoms with Gasteiger partial charge in [0, 0.05) is 22.3 Å². The van der Waals surface area contributed by atoms with E-state index in [9.17, 15) is 0 Å². The lowest BCUT2D eigenvalue weighted by Crippen LogP contribution is -2.15. The Labute approximate surface area is 128 Å². The molecule has 1 aromatic carbocycles. The van der Waals surface area contributed by atoms with Crippen LogP contribution in [-0.2, 0) is 0 Å². The molecule has 1 aromatic heterocycles. The summed E-state index contributed by atoms with van der Waals surface area (Å²) in [7, 11) is 0. The summed E-state index contributed by atoms with van der Waals surface area (Å²) < 4.78 is 1.06. The van der Waals surface area contributed by atoms with Gasteiger partial charge >= 0.3 is 0 Å². The van der Waals surface area contributed by atoms with Crippen LogP contribution in [0.2, 0.25) is 0 Å². The number of anilines is 3. The average Bonchev–Trinajstić information content (AvgIpc) is 2.40. The van der Waals surface area contributed by atoms with Crippen molar-refractivity contribution in [2.45, 2.75) is 33.2 Å². The summed E-state index contributed by atoms with van der Waals surface area (Å²) in [4.78, 5) is 8.82. The normalized spacial score (nSPS) is 12.0. The van der Waals surface area contributed by atoms with E-state index in [4.69, 9.17) is 0 Å². The highest BCUT2D eigenvalue weighted by molar-refractivity contribution is 9.10. The molecule has 0 amide bonds. The third kappa shape index (κ3) is 4.20. The summed E-state index contributed by atoms with van der Waals surface area (Å²) in [6.45, 7) is 6.18. The largest absolute Gasteiger partial charge is 0.367 e. The molecule has 1 unspecified atom stereocenters. The highest BCUT2D eigenvalue weighted by atomic mass is 79.9. The first-order valence-electron chi connectivity index (χ1n) is 6.71. The Morgan fingerprint density at radius 3 is 2.45 bits per heavy atom. The summed E-state index contributed by atoms with van der Waals surface area (Å²) in [5.41, 5.74) is 1.00. The van der Waals surface area contributed by atoms with E-state index in [2.05, 4.69) is 50.4 Å². The van der Waals surface area contributed by atoms with Crippen molar-refractivity contribution >= 4 is 33.3 Å². The van der Waals surface area contributed by atoms with Crippen molar-refractivity contribution in [3.05, 3.63) is 40.6 Å². The first kappa shape index (κ1) is 14.8. The van der Waals surface area contributed by atoms with Crippen LogP contribution in [-0.4, -0.2) is 16.0 Å². The molecule has 2 rings (SSSR count). The number of rotatable bonds is 5. The van der Waals surface area contributed by atoms with Gasteiger partial charge in [0.05, 0.1) is 0 Å². The molecule has 0 saturated carbocycles. The summed E-state index contributed by atoms with van der Waals surface area (Å²) in [5, 5.41) is 6.66. The maximum atomic E-state index is 4.41. The van der Waals surface area contributed by atoms with E-state index in [0.29, 0.717) is 6.04 Å². The Kier molecular flexibility index (Phi) is 4.95. The fourth-order valence-corrected chi connectivity index (χ4v) is 2.01. The molecule has 0 aliphatic heterocycles. The molecule has 0 aliphatic carbocycles. The topological polar surface area (TPSA) is 49.8 Å². The molecule has 1 atom stereocenters. The summed E-state index contributed by atoms with van der Waals surface area (Å²) in [6, 6.07) is 10.3. The number of benzene rings is 1. The number of aryl methyl sites for hydroxylation is 1. The maximum absolute atomic E-state index is 4.41. The summed E-state index contributed by atoms with van der Waals surface area (Å²) in [5.74, 6) is 2.40. The molecule has 106 valence electrons. The van der Waals surface area contributed by atoms with Gasteiger partial charge in [-0.05, 0) is 44.5 Å². The molecule has 2 aromatic rings. The van der Waals surface area contributed by atoms with Gasteiger partial charge in [0.2, 0.25) is 0 Å². The zero-order valence-corrected chi connectivity index (χ0v) is 13.5. The van der Waals surface area contributed by atoms with Gasteiger partial charge in [-0.15, -0.1) is 0 Å². The lowest BCUT2D eigenvalue weighted by Gasteiger charge is -2.14. The molecule has 2 N–H and O–H groups in total. The lowest BCUT2D eigenvalue weighted by atomic mass is 10.2. The highest BCUT2D eigenvalue weighted by Crippen LogP contribution is 2.20. The van der Waals surface area contributed by atoms with Gasteiger partial charge in [-0.25, -0.2) is 9.97 Å². The third-order valence-electron chi connectivity index (χ3n) is 2.96. The van der Waals surface area contributed by atoms with Crippen LogP contribution in [0.5, 0.6) is 0 Å². The first-order chi connectivity index (χ1) is 9.56. The summed E-state index contributed by atoms with van der Waals surface area (Å²) in [6.07, 6.45) is 1.05. The SMILES string of the molecule is CCC(C)Nc1cc(Nc2ccc(Br)cc2)nc(C)n1. The van der Waals surface area contributed by atoms with Crippen molar-refractivity contribution in [1.82, 2.24) is 9.97 Å². The zero-order chi connectivity index (χ0) is 14.5. The van der Waals surface area contributed by atoms with Gasteiger partial charge in [-0.2, -0.15) is 0 Å². The molecular formula is C15H19BrN4. The lowest BCUT2D eigenvalue weighted by molar-refractivity contribution is 0.757. The van der Waals surface area contributed by atoms with E-state index in [-0.39, 0.29) is 0 Å². The fraction of sp³-hybridized carbons (Fsp3) is 0.333. The molecule has 4 nitrogen and oxygen atoms in total. The van der Waals surface area contributed by atoms with E-state index < -0.39 is 0 Å². The number of halogens is 1. The van der Waals surface area contributed by atoms with Crippen molar-refractivity contribution < 1.29 is 0 Å². The molecule has 0 bridgehead atoms. The highest BCUT2D eigenvalue weighted by Gasteiger charge is 2.05. The minimum absolute atomic E-state index is 0.393. The van der Waals surface area contributed by atoms with E-state index in [1.54, 1.807) is 0 Å². The van der Waals surface area contributed by atoms with Crippen LogP contribution in [0.25, 0.3) is 0 Å². The average molecular weight is 335 g/mol. The van der Waals surface area contributed by atoms with Crippen molar-refractivity contribution in [3.8, 4) is 0 Å². The van der Waals surface area contributed by atoms with E-state index >= 15 is 0 Å². The predicted octanol–water partition coefficient (Wildman–Crippen LogP) is 4.50. The van der Waals surface area contributed by atoms with Crippen molar-refractivity contribution in [1.29, 1.82) is 0 Å². The Bertz CT molecular complexity index is 569. The quantitative estimate of drug-likeness (QED) is 0.845. The van der Waals surface area contributed by atoms with Crippen LogP contribution in [0.3, 0.4) is 0 Å². The molecule has 0 fully saturated rings. The van der Waals surface area contributed by atoms with Gasteiger partial charge in [-0.1, -0.05) is 22.9 Å². The number of aromatic nitrogens is 2. The zero-order valence-electron chi connectivity index (χ0n) is 11.9. The number of hydrogen-bond acceptors (Lipinski definition) is 4. The predicted molar refractivity (Wildman–Crippen MR) is 87.6 cm³/mol. The number of nitrogens with zero attached hydrogens (tertiary/aromatic N) is 2. The van der Waals surface area contributed by atoms with Gasteiger partial charge in [0.15, 0.2) is 0 Å². The van der Waals surface area contributed by atoms with Crippen LogP contribution in [0.15, 0.2) is 34.8 Å². The molecule has 20 heavy (non-hydrogen) atoms. The molecular weight excluding hydrogens is 316 g/mol. The van der Waals surface area contributed by atoms with E-state index in [1.807, 2.05) is 37.3 Å². The van der Waals surface area contributed by atoms with Crippen LogP contribution in [0.1, 0.15) is 26.1 Å². The van der Waals surface area contributed by atoms with Gasteiger partial charge in [-0.3, -0.25) is 0 Å². The second-order valence-corrected chi connectivity index (χ2v) is 5.69. The van der Waals surface area contributed by atoms with Crippen LogP contribution in [0.4, 0.5) is 17.3 Å². The van der Waals surface area contributed by atoms with Gasteiger partial charge in [0.25, 0.3) is 0 Å². The van der Waals surface area contributed by atoms with Gasteiger partial charge < -0.3 is 10.6 Å². The Morgan fingerprint density at radius 1 is 1.15 bits per heavy atom. The van der Waals surface area contributed by atoms with Crippen molar-refractivity contribution in [2.24, 2.45) is 0 Å². The monoisotopic (exact) mass is 334 g/mol. The second kappa shape index (κ2) is 6.70. The standard InChI is InChI=1S/C15H19BrN4/c1-4-10(2)17-14-9-15(19-11(3)18-14)20-13-7-5-12(16)6-8-13/h5-10H,4H2,1-3H3,(H2,17,18,19,20). The Morgan fingerprint density at radius 2 is 1.80 bits per heavy atom. The van der Waals surface area contributed by atoms with Crippen LogP contribution >= 0.6 is 15.9 Å². The Balaban J connectivity index is 2.17. The van der Waals surface area contributed by atoms with E-state index in [0.717, 1.165) is 34.0 Å². The smallest absolute Gasteiger partial charge is 0.136 e. The minimum atomic E-state index is 0.393. The van der Waals surface area contributed by atoms with Crippen molar-refractivity contribution in [3.63, 3.8) is 0 Å². The number of nitrogens with one attached hydrogen (secondary N) is 2. The molecule has 0 spiro atoms. The second-order valence-electron chi connectivity index (χ2n) is 4.77. The third-order valence-corrected chi connectivity index (χ3v) is 3.49. The van der Waals surface area contributed by atoms with Crippen LogP contribution in [0, 0.1) is 6.92 Å². The summed E-state index contributed by atoms with van der Waals surface area (Å²) >= 11 is 3.43. The van der Waals surface area contributed by atoms with Gasteiger partial charge in [0.1, 0.15) is 17.5 Å². The molecule has 0 aliphatic rings. The number of hydrogen-bond donors (Lipinski definition) is 2. The van der Waals surface area contributed by atoms with Crippen molar-refractivity contribution in [2.75, 3.05) is 10.6 Å². The maximum Gasteiger partial charge on any atom is 0.136 e. The minimum Gasteiger partial charge on any atom is -0.367 e. The Hall–Kier alpha value is -1.62. The molecule has 1 heterocycles.